The first-order chi connectivity index (χ1) is 11.0. The van der Waals surface area contributed by atoms with E-state index in [9.17, 15) is 4.39 Å². The van der Waals surface area contributed by atoms with Gasteiger partial charge in [-0.05, 0) is 35.9 Å². The predicted octanol–water partition coefficient (Wildman–Crippen LogP) is 5.32. The average molecular weight is 356 g/mol. The van der Waals surface area contributed by atoms with Crippen LogP contribution in [-0.4, -0.2) is 13.7 Å². The van der Waals surface area contributed by atoms with Crippen LogP contribution < -0.4 is 14.8 Å². The Morgan fingerprint density at radius 1 is 1.22 bits per heavy atom. The molecule has 0 aliphatic heterocycles. The molecule has 0 atom stereocenters. The van der Waals surface area contributed by atoms with Gasteiger partial charge in [0.2, 0.25) is 0 Å². The van der Waals surface area contributed by atoms with Gasteiger partial charge in [0, 0.05) is 12.2 Å². The summed E-state index contributed by atoms with van der Waals surface area (Å²) in [6, 6.07) is 8.05. The molecular weight excluding hydrogens is 340 g/mol. The molecule has 0 aromatic heterocycles. The van der Waals surface area contributed by atoms with Crippen LogP contribution in [0.1, 0.15) is 5.56 Å². The van der Waals surface area contributed by atoms with Crippen molar-refractivity contribution in [2.75, 3.05) is 19.0 Å². The van der Waals surface area contributed by atoms with E-state index in [-0.39, 0.29) is 5.02 Å². The number of hydrogen-bond donors (Lipinski definition) is 1. The molecule has 2 rings (SSSR count). The van der Waals surface area contributed by atoms with Crippen molar-refractivity contribution in [2.45, 2.75) is 6.54 Å². The molecule has 0 heterocycles. The van der Waals surface area contributed by atoms with E-state index in [1.165, 1.54) is 12.1 Å². The number of halogens is 3. The van der Waals surface area contributed by atoms with Crippen molar-refractivity contribution in [3.05, 3.63) is 64.4 Å². The number of anilines is 1. The number of hydrogen-bond acceptors (Lipinski definition) is 3. The summed E-state index contributed by atoms with van der Waals surface area (Å²) in [6.45, 7) is 4.41. The Morgan fingerprint density at radius 3 is 2.65 bits per heavy atom. The molecule has 0 aliphatic carbocycles. The fourth-order valence-corrected chi connectivity index (χ4v) is 2.44. The van der Waals surface area contributed by atoms with Crippen LogP contribution in [0, 0.1) is 5.82 Å². The number of methoxy groups -OCH3 is 1. The molecule has 1 N–H and O–H groups in total. The van der Waals surface area contributed by atoms with Crippen LogP contribution in [0.3, 0.4) is 0 Å². The van der Waals surface area contributed by atoms with Gasteiger partial charge in [-0.2, -0.15) is 0 Å². The number of benzene rings is 2. The SMILES string of the molecule is C=CCOc1c(Cl)cc(CNc2ccc(F)c(Cl)c2)cc1OC. The third-order valence-electron chi connectivity index (χ3n) is 3.05. The smallest absolute Gasteiger partial charge is 0.180 e. The van der Waals surface area contributed by atoms with E-state index in [1.807, 2.05) is 6.07 Å². The molecule has 0 radical (unpaired) electrons. The third kappa shape index (κ3) is 4.53. The zero-order valence-electron chi connectivity index (χ0n) is 12.5. The highest BCUT2D eigenvalue weighted by Gasteiger charge is 2.12. The molecule has 0 saturated carbocycles. The Balaban J connectivity index is 2.15. The minimum atomic E-state index is -0.453. The second-order valence-electron chi connectivity index (χ2n) is 4.69. The summed E-state index contributed by atoms with van der Waals surface area (Å²) in [7, 11) is 1.55. The van der Waals surface area contributed by atoms with Gasteiger partial charge in [-0.1, -0.05) is 35.9 Å². The maximum atomic E-state index is 13.1. The van der Waals surface area contributed by atoms with Crippen molar-refractivity contribution in [3.8, 4) is 11.5 Å². The molecule has 23 heavy (non-hydrogen) atoms. The van der Waals surface area contributed by atoms with Crippen LogP contribution in [0.2, 0.25) is 10.0 Å². The Morgan fingerprint density at radius 2 is 2.00 bits per heavy atom. The predicted molar refractivity (Wildman–Crippen MR) is 92.4 cm³/mol. The third-order valence-corrected chi connectivity index (χ3v) is 3.62. The molecule has 6 heteroatoms. The van der Waals surface area contributed by atoms with E-state index in [0.717, 1.165) is 5.56 Å². The minimum absolute atomic E-state index is 0.0683. The van der Waals surface area contributed by atoms with E-state index in [2.05, 4.69) is 11.9 Å². The van der Waals surface area contributed by atoms with Gasteiger partial charge in [-0.15, -0.1) is 0 Å². The molecule has 0 unspecified atom stereocenters. The monoisotopic (exact) mass is 355 g/mol. The van der Waals surface area contributed by atoms with Crippen LogP contribution in [-0.2, 0) is 6.54 Å². The largest absolute Gasteiger partial charge is 0.493 e. The van der Waals surface area contributed by atoms with E-state index in [4.69, 9.17) is 32.7 Å². The molecule has 0 saturated heterocycles. The normalized spacial score (nSPS) is 10.3. The number of nitrogens with one attached hydrogen (secondary N) is 1. The lowest BCUT2D eigenvalue weighted by Gasteiger charge is -2.14. The van der Waals surface area contributed by atoms with Gasteiger partial charge in [0.05, 0.1) is 17.2 Å². The maximum absolute atomic E-state index is 13.1. The topological polar surface area (TPSA) is 30.5 Å². The van der Waals surface area contributed by atoms with Gasteiger partial charge in [0.25, 0.3) is 0 Å². The molecule has 2 aromatic rings. The van der Waals surface area contributed by atoms with Crippen molar-refractivity contribution in [1.29, 1.82) is 0 Å². The van der Waals surface area contributed by atoms with Gasteiger partial charge in [-0.3, -0.25) is 0 Å². The standard InChI is InChI=1S/C17H16Cl2FNO2/c1-3-6-23-17-14(19)7-11(8-16(17)22-2)10-21-12-4-5-15(20)13(18)9-12/h3-5,7-9,21H,1,6,10H2,2H3. The van der Waals surface area contributed by atoms with Gasteiger partial charge < -0.3 is 14.8 Å². The Kier molecular flexibility index (Phi) is 6.13. The van der Waals surface area contributed by atoms with Crippen molar-refractivity contribution >= 4 is 28.9 Å². The zero-order chi connectivity index (χ0) is 16.8. The summed E-state index contributed by atoms with van der Waals surface area (Å²) < 4.78 is 24.0. The second-order valence-corrected chi connectivity index (χ2v) is 5.51. The van der Waals surface area contributed by atoms with E-state index >= 15 is 0 Å². The second kappa shape index (κ2) is 8.09. The lowest BCUT2D eigenvalue weighted by atomic mass is 10.2. The highest BCUT2D eigenvalue weighted by molar-refractivity contribution is 6.32. The molecule has 0 spiro atoms. The minimum Gasteiger partial charge on any atom is -0.493 e. The van der Waals surface area contributed by atoms with Crippen molar-refractivity contribution in [2.24, 2.45) is 0 Å². The van der Waals surface area contributed by atoms with Crippen LogP contribution in [0.4, 0.5) is 10.1 Å². The fourth-order valence-electron chi connectivity index (χ4n) is 1.97. The van der Waals surface area contributed by atoms with Crippen LogP contribution in [0.25, 0.3) is 0 Å². The molecule has 122 valence electrons. The van der Waals surface area contributed by atoms with Gasteiger partial charge in [-0.25, -0.2) is 4.39 Å². The van der Waals surface area contributed by atoms with Gasteiger partial charge in [0.1, 0.15) is 12.4 Å². The van der Waals surface area contributed by atoms with Crippen molar-refractivity contribution in [3.63, 3.8) is 0 Å². The molecule has 0 amide bonds. The highest BCUT2D eigenvalue weighted by Crippen LogP contribution is 2.36. The van der Waals surface area contributed by atoms with E-state index in [0.29, 0.717) is 35.4 Å². The molecule has 0 bridgehead atoms. The Bertz CT molecular complexity index is 707. The van der Waals surface area contributed by atoms with Crippen molar-refractivity contribution in [1.82, 2.24) is 0 Å². The van der Waals surface area contributed by atoms with Crippen LogP contribution in [0.5, 0.6) is 11.5 Å². The van der Waals surface area contributed by atoms with Crippen molar-refractivity contribution < 1.29 is 13.9 Å². The first-order valence-corrected chi connectivity index (χ1v) is 7.59. The Hall–Kier alpha value is -1.91. The lowest BCUT2D eigenvalue weighted by molar-refractivity contribution is 0.326. The average Bonchev–Trinajstić information content (AvgIpc) is 2.54. The number of ether oxygens (including phenoxy) is 2. The summed E-state index contributed by atoms with van der Waals surface area (Å²) in [6.07, 6.45) is 1.63. The molecule has 0 fully saturated rings. The first kappa shape index (κ1) is 17.4. The highest BCUT2D eigenvalue weighted by atomic mass is 35.5. The molecule has 0 aliphatic rings. The maximum Gasteiger partial charge on any atom is 0.180 e. The van der Waals surface area contributed by atoms with Gasteiger partial charge in [0.15, 0.2) is 11.5 Å². The van der Waals surface area contributed by atoms with Gasteiger partial charge >= 0.3 is 0 Å². The fraction of sp³-hybridized carbons (Fsp3) is 0.176. The number of rotatable bonds is 7. The quantitative estimate of drug-likeness (QED) is 0.682. The molecule has 2 aromatic carbocycles. The van der Waals surface area contributed by atoms with Crippen LogP contribution in [0.15, 0.2) is 43.0 Å². The first-order valence-electron chi connectivity index (χ1n) is 6.84. The van der Waals surface area contributed by atoms with E-state index < -0.39 is 5.82 Å². The summed E-state index contributed by atoms with van der Waals surface area (Å²) in [5, 5.41) is 3.66. The summed E-state index contributed by atoms with van der Waals surface area (Å²) >= 11 is 12.0. The van der Waals surface area contributed by atoms with Crippen LogP contribution >= 0.6 is 23.2 Å². The summed E-state index contributed by atoms with van der Waals surface area (Å²) in [5.74, 6) is 0.557. The summed E-state index contributed by atoms with van der Waals surface area (Å²) in [4.78, 5) is 0. The van der Waals surface area contributed by atoms with E-state index in [1.54, 1.807) is 25.3 Å². The Labute approximate surface area is 144 Å². The molecule has 3 nitrogen and oxygen atoms in total. The summed E-state index contributed by atoms with van der Waals surface area (Å²) in [5.41, 5.74) is 1.59. The molecular formula is C17H16Cl2FNO2. The lowest BCUT2D eigenvalue weighted by Crippen LogP contribution is -2.02. The zero-order valence-corrected chi connectivity index (χ0v) is 14.0.